The third-order valence-corrected chi connectivity index (χ3v) is 5.75. The summed E-state index contributed by atoms with van der Waals surface area (Å²) in [6, 6.07) is 12.0. The maximum atomic E-state index is 14.4. The molecule has 0 fully saturated rings. The minimum atomic E-state index is -0.446. The van der Waals surface area contributed by atoms with E-state index in [0.29, 0.717) is 48.0 Å². The molecular weight excluding hydrogens is 520 g/mol. The van der Waals surface area contributed by atoms with Gasteiger partial charge in [-0.25, -0.2) is 29.0 Å². The van der Waals surface area contributed by atoms with E-state index in [-0.39, 0.29) is 12.1 Å². The molecule has 0 bridgehead atoms. The van der Waals surface area contributed by atoms with Crippen molar-refractivity contribution >= 4 is 62.1 Å². The molecule has 0 aliphatic rings. The van der Waals surface area contributed by atoms with Gasteiger partial charge in [-0.1, -0.05) is 35.9 Å². The molecule has 148 valence electrons. The molecule has 2 N–H and O–H groups in total. The van der Waals surface area contributed by atoms with Crippen LogP contribution in [-0.4, -0.2) is 29.7 Å². The molecule has 0 saturated heterocycles. The topological polar surface area (TPSA) is 95.4 Å². The van der Waals surface area contributed by atoms with Crippen molar-refractivity contribution < 1.29 is 4.39 Å². The fourth-order valence-electron chi connectivity index (χ4n) is 3.30. The lowest BCUT2D eigenvalue weighted by Gasteiger charge is -2.12. The second kappa shape index (κ2) is 7.40. The summed E-state index contributed by atoms with van der Waals surface area (Å²) < 4.78 is 16.8. The number of rotatable bonds is 3. The Labute approximate surface area is 188 Å². The highest BCUT2D eigenvalue weighted by Gasteiger charge is 2.19. The number of nitrogen functional groups attached to an aromatic ring is 1. The van der Waals surface area contributed by atoms with E-state index in [1.807, 2.05) is 18.2 Å². The number of hydrogen-bond donors (Lipinski definition) is 1. The molecule has 2 aromatic carbocycles. The van der Waals surface area contributed by atoms with Crippen molar-refractivity contribution in [2.45, 2.75) is 6.54 Å². The lowest BCUT2D eigenvalue weighted by molar-refractivity contribution is 0.633. The summed E-state index contributed by atoms with van der Waals surface area (Å²) in [4.78, 5) is 17.6. The van der Waals surface area contributed by atoms with Crippen LogP contribution >= 0.6 is 34.2 Å². The Hall–Kier alpha value is -2.92. The van der Waals surface area contributed by atoms with Crippen LogP contribution in [0.2, 0.25) is 5.02 Å². The Morgan fingerprint density at radius 2 is 1.90 bits per heavy atom. The van der Waals surface area contributed by atoms with E-state index in [9.17, 15) is 4.39 Å². The van der Waals surface area contributed by atoms with E-state index in [4.69, 9.17) is 17.3 Å². The van der Waals surface area contributed by atoms with Gasteiger partial charge in [0.2, 0.25) is 0 Å². The Bertz CT molecular complexity index is 1440. The first kappa shape index (κ1) is 19.1. The van der Waals surface area contributed by atoms with Crippen molar-refractivity contribution in [3.8, 4) is 11.3 Å². The summed E-state index contributed by atoms with van der Waals surface area (Å²) >= 11 is 8.52. The number of benzene rings is 2. The van der Waals surface area contributed by atoms with Crippen molar-refractivity contribution in [3.63, 3.8) is 0 Å². The van der Waals surface area contributed by atoms with E-state index >= 15 is 0 Å². The minimum Gasteiger partial charge on any atom is -0.383 e. The van der Waals surface area contributed by atoms with Crippen LogP contribution in [-0.2, 0) is 6.54 Å². The molecular formula is C20H12ClFIN7. The van der Waals surface area contributed by atoms with Gasteiger partial charge in [0, 0.05) is 5.56 Å². The van der Waals surface area contributed by atoms with Crippen LogP contribution in [0.1, 0.15) is 5.69 Å². The Morgan fingerprint density at radius 3 is 2.73 bits per heavy atom. The standard InChI is InChI=1S/C20H12ClFIN7/c21-11-5-2-1-4-10(11)16-14(28-17-12(22)6-3-7-13(17)27-16)8-30-20-15(18(23)29-30)19(24)25-9-26-20/h1-7,9H,8H2,(H2,24,25,26). The van der Waals surface area contributed by atoms with Gasteiger partial charge >= 0.3 is 0 Å². The average molecular weight is 532 g/mol. The molecule has 5 aromatic rings. The summed E-state index contributed by atoms with van der Waals surface area (Å²) in [6.07, 6.45) is 1.38. The molecule has 5 rings (SSSR count). The van der Waals surface area contributed by atoms with Gasteiger partial charge in [-0.05, 0) is 40.8 Å². The first-order valence-corrected chi connectivity index (χ1v) is 10.3. The maximum absolute atomic E-state index is 14.4. The van der Waals surface area contributed by atoms with Crippen LogP contribution in [0.3, 0.4) is 0 Å². The van der Waals surface area contributed by atoms with Crippen LogP contribution in [0.5, 0.6) is 0 Å². The van der Waals surface area contributed by atoms with Gasteiger partial charge < -0.3 is 5.73 Å². The van der Waals surface area contributed by atoms with Gasteiger partial charge in [0.15, 0.2) is 11.5 Å². The number of nitrogens with two attached hydrogens (primary N) is 1. The van der Waals surface area contributed by atoms with Crippen molar-refractivity contribution in [2.24, 2.45) is 0 Å². The predicted octanol–water partition coefficient (Wildman–Crippen LogP) is 4.46. The van der Waals surface area contributed by atoms with Gasteiger partial charge in [0.1, 0.15) is 21.4 Å². The van der Waals surface area contributed by atoms with Crippen LogP contribution in [0.25, 0.3) is 33.3 Å². The Kier molecular flexibility index (Phi) is 4.70. The molecule has 0 radical (unpaired) electrons. The van der Waals surface area contributed by atoms with E-state index in [2.05, 4.69) is 47.6 Å². The van der Waals surface area contributed by atoms with Crippen LogP contribution in [0.4, 0.5) is 10.2 Å². The molecule has 0 aliphatic heterocycles. The smallest absolute Gasteiger partial charge is 0.164 e. The van der Waals surface area contributed by atoms with Crippen molar-refractivity contribution in [3.05, 3.63) is 69.0 Å². The second-order valence-electron chi connectivity index (χ2n) is 6.51. The quantitative estimate of drug-likeness (QED) is 0.345. The maximum Gasteiger partial charge on any atom is 0.164 e. The number of anilines is 1. The van der Waals surface area contributed by atoms with Crippen LogP contribution in [0.15, 0.2) is 48.8 Å². The molecule has 0 aliphatic carbocycles. The zero-order valence-corrected chi connectivity index (χ0v) is 18.1. The lowest BCUT2D eigenvalue weighted by atomic mass is 10.1. The zero-order chi connectivity index (χ0) is 20.8. The largest absolute Gasteiger partial charge is 0.383 e. The summed E-state index contributed by atoms with van der Waals surface area (Å²) in [5.74, 6) is -0.101. The molecule has 0 atom stereocenters. The number of nitrogens with zero attached hydrogens (tertiary/aromatic N) is 6. The first-order chi connectivity index (χ1) is 14.5. The Morgan fingerprint density at radius 1 is 1.07 bits per heavy atom. The van der Waals surface area contributed by atoms with E-state index in [0.717, 1.165) is 0 Å². The number of fused-ring (bicyclic) bond motifs is 2. The summed E-state index contributed by atoms with van der Waals surface area (Å²) in [6.45, 7) is 0.202. The fourth-order valence-corrected chi connectivity index (χ4v) is 4.30. The van der Waals surface area contributed by atoms with Gasteiger partial charge in [-0.2, -0.15) is 5.10 Å². The third kappa shape index (κ3) is 3.14. The number of aromatic nitrogens is 6. The highest BCUT2D eigenvalue weighted by molar-refractivity contribution is 14.1. The average Bonchev–Trinajstić information content (AvgIpc) is 3.05. The van der Waals surface area contributed by atoms with Crippen molar-refractivity contribution in [1.29, 1.82) is 0 Å². The normalized spacial score (nSPS) is 11.4. The highest BCUT2D eigenvalue weighted by Crippen LogP contribution is 2.31. The molecule has 30 heavy (non-hydrogen) atoms. The van der Waals surface area contributed by atoms with Crippen molar-refractivity contribution in [1.82, 2.24) is 29.7 Å². The summed E-state index contributed by atoms with van der Waals surface area (Å²) in [5, 5.41) is 5.72. The molecule has 0 unspecified atom stereocenters. The molecule has 10 heteroatoms. The summed E-state index contributed by atoms with van der Waals surface area (Å²) in [5.41, 5.74) is 8.96. The molecule has 0 saturated carbocycles. The number of para-hydroxylation sites is 1. The van der Waals surface area contributed by atoms with E-state index in [1.54, 1.807) is 22.9 Å². The number of halogens is 3. The first-order valence-electron chi connectivity index (χ1n) is 8.85. The predicted molar refractivity (Wildman–Crippen MR) is 121 cm³/mol. The molecule has 0 amide bonds. The fraction of sp³-hybridized carbons (Fsp3) is 0.0500. The van der Waals surface area contributed by atoms with Crippen LogP contribution < -0.4 is 5.73 Å². The number of hydrogen-bond acceptors (Lipinski definition) is 6. The molecule has 3 heterocycles. The van der Waals surface area contributed by atoms with Gasteiger partial charge in [0.05, 0.1) is 33.9 Å². The monoisotopic (exact) mass is 531 g/mol. The lowest BCUT2D eigenvalue weighted by Crippen LogP contribution is -2.09. The zero-order valence-electron chi connectivity index (χ0n) is 15.2. The molecule has 0 spiro atoms. The van der Waals surface area contributed by atoms with Crippen LogP contribution in [0, 0.1) is 9.52 Å². The Balaban J connectivity index is 1.76. The molecule has 7 nitrogen and oxygen atoms in total. The van der Waals surface area contributed by atoms with E-state index < -0.39 is 5.82 Å². The summed E-state index contributed by atoms with van der Waals surface area (Å²) in [7, 11) is 0. The van der Waals surface area contributed by atoms with Crippen molar-refractivity contribution in [2.75, 3.05) is 5.73 Å². The van der Waals surface area contributed by atoms with Gasteiger partial charge in [-0.15, -0.1) is 0 Å². The highest BCUT2D eigenvalue weighted by atomic mass is 127. The SMILES string of the molecule is Nc1ncnc2c1c(I)nn2Cc1nc2c(F)cccc2nc1-c1ccccc1Cl. The minimum absolute atomic E-state index is 0.184. The van der Waals surface area contributed by atoms with Gasteiger partial charge in [-0.3, -0.25) is 0 Å². The third-order valence-electron chi connectivity index (χ3n) is 4.66. The second-order valence-corrected chi connectivity index (χ2v) is 7.94. The van der Waals surface area contributed by atoms with E-state index in [1.165, 1.54) is 12.4 Å². The molecule has 3 aromatic heterocycles. The van der Waals surface area contributed by atoms with Gasteiger partial charge in [0.25, 0.3) is 0 Å².